The summed E-state index contributed by atoms with van der Waals surface area (Å²) in [6.45, 7) is 7.32. The summed E-state index contributed by atoms with van der Waals surface area (Å²) in [5.41, 5.74) is 1.17. The molecular weight excluding hydrogens is 390 g/mol. The number of fused-ring (bicyclic) bond motifs is 1. The predicted octanol–water partition coefficient (Wildman–Crippen LogP) is 2.56. The monoisotopic (exact) mass is 407 g/mol. The maximum Gasteiger partial charge on any atom is 0.341 e. The van der Waals surface area contributed by atoms with Crippen LogP contribution in [-0.4, -0.2) is 45.7 Å². The number of hydrogen-bond donors (Lipinski definition) is 2. The molecule has 0 unspecified atom stereocenters. The third-order valence-electron chi connectivity index (χ3n) is 4.59. The molecule has 0 aliphatic heterocycles. The Kier molecular flexibility index (Phi) is 4.89. The van der Waals surface area contributed by atoms with E-state index in [1.54, 1.807) is 0 Å². The number of methoxy groups -OCH3 is 2. The lowest BCUT2D eigenvalue weighted by Gasteiger charge is -2.15. The normalized spacial score (nSPS) is 12.8. The van der Waals surface area contributed by atoms with Crippen LogP contribution in [-0.2, 0) is 9.53 Å². The second kappa shape index (κ2) is 7.67. The van der Waals surface area contributed by atoms with Crippen molar-refractivity contribution in [1.29, 1.82) is 0 Å². The molecule has 2 N–H and O–H groups in total. The van der Waals surface area contributed by atoms with Gasteiger partial charge in [-0.15, -0.1) is 0 Å². The van der Waals surface area contributed by atoms with E-state index >= 15 is 0 Å². The van der Waals surface area contributed by atoms with E-state index in [9.17, 15) is 9.59 Å². The van der Waals surface area contributed by atoms with Gasteiger partial charge in [0.1, 0.15) is 23.2 Å². The fourth-order valence-electron chi connectivity index (χ4n) is 2.91. The molecule has 3 aromatic rings. The molecule has 0 bridgehead atoms. The Balaban J connectivity index is 1.76. The number of carbonyl (C=O) groups excluding carboxylic acids is 2. The average Bonchev–Trinajstić information content (AvgIpc) is 3.53. The fraction of sp³-hybridized carbons (Fsp3) is 0.263. The molecule has 0 aromatic carbocycles. The summed E-state index contributed by atoms with van der Waals surface area (Å²) < 4.78 is 11.7. The van der Waals surface area contributed by atoms with Crippen molar-refractivity contribution in [3.63, 3.8) is 0 Å². The molecule has 11 nitrogen and oxygen atoms in total. The summed E-state index contributed by atoms with van der Waals surface area (Å²) in [5, 5.41) is 9.84. The van der Waals surface area contributed by atoms with E-state index in [1.165, 1.54) is 43.5 Å². The Morgan fingerprint density at radius 2 is 2.07 bits per heavy atom. The first-order chi connectivity index (χ1) is 14.5. The molecule has 152 valence electrons. The van der Waals surface area contributed by atoms with Gasteiger partial charge in [-0.2, -0.15) is 5.10 Å². The second-order valence-electron chi connectivity index (χ2n) is 6.56. The van der Waals surface area contributed by atoms with E-state index in [0.29, 0.717) is 11.2 Å². The van der Waals surface area contributed by atoms with Gasteiger partial charge in [-0.1, -0.05) is 0 Å². The van der Waals surface area contributed by atoms with E-state index in [-0.39, 0.29) is 40.5 Å². The van der Waals surface area contributed by atoms with Gasteiger partial charge in [0.2, 0.25) is 11.6 Å². The Morgan fingerprint density at radius 3 is 2.73 bits per heavy atom. The smallest absolute Gasteiger partial charge is 0.341 e. The van der Waals surface area contributed by atoms with Crippen molar-refractivity contribution in [2.45, 2.75) is 12.8 Å². The minimum Gasteiger partial charge on any atom is -0.492 e. The first-order valence-electron chi connectivity index (χ1n) is 8.99. The van der Waals surface area contributed by atoms with Crippen molar-refractivity contribution in [2.75, 3.05) is 24.9 Å². The number of hydrogen-bond acceptors (Lipinski definition) is 8. The number of nitrogens with one attached hydrogen (secondary N) is 2. The lowest BCUT2D eigenvalue weighted by atomic mass is 10.2. The third kappa shape index (κ3) is 3.46. The van der Waals surface area contributed by atoms with Gasteiger partial charge < -0.3 is 20.1 Å². The Hall–Kier alpha value is -4.20. The fourth-order valence-corrected chi connectivity index (χ4v) is 2.91. The van der Waals surface area contributed by atoms with E-state index in [2.05, 4.69) is 30.5 Å². The first-order valence-corrected chi connectivity index (χ1v) is 8.99. The molecule has 3 aromatic heterocycles. The van der Waals surface area contributed by atoms with Crippen LogP contribution >= 0.6 is 0 Å². The van der Waals surface area contributed by atoms with Crippen molar-refractivity contribution in [3.8, 4) is 5.75 Å². The Labute approximate surface area is 170 Å². The van der Waals surface area contributed by atoms with Crippen LogP contribution in [0.1, 0.15) is 23.2 Å². The molecule has 30 heavy (non-hydrogen) atoms. The molecule has 0 atom stereocenters. The number of carbonyl (C=O) groups is 2. The molecule has 1 aliphatic rings. The van der Waals surface area contributed by atoms with E-state index in [0.717, 1.165) is 12.8 Å². The van der Waals surface area contributed by atoms with E-state index in [1.807, 2.05) is 0 Å². The van der Waals surface area contributed by atoms with Crippen molar-refractivity contribution in [3.05, 3.63) is 41.8 Å². The topological polar surface area (TPSA) is 124 Å². The summed E-state index contributed by atoms with van der Waals surface area (Å²) in [5.74, 6) is 0.0898. The summed E-state index contributed by atoms with van der Waals surface area (Å²) >= 11 is 0. The molecule has 11 heteroatoms. The van der Waals surface area contributed by atoms with Crippen LogP contribution in [0.15, 0.2) is 24.8 Å². The van der Waals surface area contributed by atoms with E-state index < -0.39 is 5.97 Å². The lowest BCUT2D eigenvalue weighted by molar-refractivity contribution is -0.117. The maximum atomic E-state index is 12.2. The van der Waals surface area contributed by atoms with Crippen molar-refractivity contribution in [2.24, 2.45) is 5.92 Å². The van der Waals surface area contributed by atoms with Crippen LogP contribution < -0.4 is 15.4 Å². The minimum absolute atomic E-state index is 0.00145. The third-order valence-corrected chi connectivity index (χ3v) is 4.59. The highest BCUT2D eigenvalue weighted by Gasteiger charge is 2.30. The molecule has 1 aliphatic carbocycles. The van der Waals surface area contributed by atoms with Gasteiger partial charge in [0.25, 0.3) is 0 Å². The van der Waals surface area contributed by atoms with Crippen molar-refractivity contribution >= 4 is 40.4 Å². The van der Waals surface area contributed by atoms with E-state index in [4.69, 9.17) is 16.0 Å². The molecule has 1 fully saturated rings. The standard InChI is InChI=1S/C19H17N7O4/c1-20-13-8-23-26-9-22-17(16(29-2)15(13)26)24-12-6-14(25-18(27)10-4-5-10)21-7-11(12)19(28)30-3/h6-10H,4-5H2,2-3H3,(H2,21,24,25,27). The molecule has 0 radical (unpaired) electrons. The molecule has 1 saturated carbocycles. The summed E-state index contributed by atoms with van der Waals surface area (Å²) in [4.78, 5) is 36.1. The van der Waals surface area contributed by atoms with Gasteiger partial charge in [0, 0.05) is 18.2 Å². The van der Waals surface area contributed by atoms with Gasteiger partial charge in [-0.05, 0) is 12.8 Å². The number of pyridine rings is 1. The number of amides is 1. The van der Waals surface area contributed by atoms with Crippen molar-refractivity contribution < 1.29 is 19.1 Å². The quantitative estimate of drug-likeness (QED) is 0.472. The molecule has 0 saturated heterocycles. The SMILES string of the molecule is [C-]#[N+]c1cnn2cnc(Nc3cc(NC(=O)C4CC4)ncc3C(=O)OC)c(OC)c12. The average molecular weight is 407 g/mol. The Morgan fingerprint density at radius 1 is 1.27 bits per heavy atom. The number of rotatable bonds is 6. The number of esters is 1. The maximum absolute atomic E-state index is 12.2. The first kappa shape index (κ1) is 19.1. The van der Waals surface area contributed by atoms with Gasteiger partial charge in [-0.3, -0.25) is 4.79 Å². The molecule has 1 amide bonds. The highest BCUT2D eigenvalue weighted by molar-refractivity contribution is 5.99. The molecule has 4 rings (SSSR count). The number of aromatic nitrogens is 4. The molecule has 0 spiro atoms. The zero-order valence-electron chi connectivity index (χ0n) is 16.2. The van der Waals surface area contributed by atoms with Crippen LogP contribution in [0.5, 0.6) is 5.75 Å². The number of ether oxygens (including phenoxy) is 2. The van der Waals surface area contributed by atoms with Crippen LogP contribution in [0.3, 0.4) is 0 Å². The Bertz CT molecular complexity index is 1190. The molecular formula is C19H17N7O4. The van der Waals surface area contributed by atoms with Gasteiger partial charge in [0.15, 0.2) is 11.6 Å². The summed E-state index contributed by atoms with van der Waals surface area (Å²) in [7, 11) is 2.70. The summed E-state index contributed by atoms with van der Waals surface area (Å²) in [6, 6.07) is 1.52. The summed E-state index contributed by atoms with van der Waals surface area (Å²) in [6.07, 6.45) is 5.85. The van der Waals surface area contributed by atoms with Crippen LogP contribution in [0.25, 0.3) is 10.4 Å². The highest BCUT2D eigenvalue weighted by atomic mass is 16.5. The highest BCUT2D eigenvalue weighted by Crippen LogP contribution is 2.36. The molecule has 3 heterocycles. The minimum atomic E-state index is -0.615. The largest absolute Gasteiger partial charge is 0.492 e. The lowest BCUT2D eigenvalue weighted by Crippen LogP contribution is -2.15. The van der Waals surface area contributed by atoms with Crippen molar-refractivity contribution in [1.82, 2.24) is 19.6 Å². The van der Waals surface area contributed by atoms with Crippen LogP contribution in [0, 0.1) is 12.5 Å². The predicted molar refractivity (Wildman–Crippen MR) is 106 cm³/mol. The van der Waals surface area contributed by atoms with Crippen LogP contribution in [0.4, 0.5) is 23.0 Å². The second-order valence-corrected chi connectivity index (χ2v) is 6.56. The van der Waals surface area contributed by atoms with Gasteiger partial charge >= 0.3 is 5.97 Å². The van der Waals surface area contributed by atoms with Crippen LogP contribution in [0.2, 0.25) is 0 Å². The number of anilines is 3. The zero-order chi connectivity index (χ0) is 21.3. The zero-order valence-corrected chi connectivity index (χ0v) is 16.2. The number of nitrogens with zero attached hydrogens (tertiary/aromatic N) is 5. The van der Waals surface area contributed by atoms with Gasteiger partial charge in [0.05, 0.1) is 32.7 Å². The van der Waals surface area contributed by atoms with Gasteiger partial charge in [-0.25, -0.2) is 24.1 Å².